The number of esters is 4. The topological polar surface area (TPSA) is 146 Å². The molecule has 9 atom stereocenters. The lowest BCUT2D eigenvalue weighted by Crippen LogP contribution is -2.59. The lowest BCUT2D eigenvalue weighted by Gasteiger charge is -2.59. The van der Waals surface area contributed by atoms with E-state index in [2.05, 4.69) is 20.1 Å². The fourth-order valence-corrected chi connectivity index (χ4v) is 18.5. The third-order valence-electron chi connectivity index (χ3n) is 23.4. The Morgan fingerprint density at radius 2 is 0.814 bits per heavy atom. The number of carbonyl (C=O) groups excluding carboxylic acids is 4. The molecule has 0 heterocycles. The molecule has 0 radical (unpaired) electrons. The van der Waals surface area contributed by atoms with E-state index >= 15 is 0 Å². The molecule has 0 spiro atoms. The molecule has 10 nitrogen and oxygen atoms in total. The number of aliphatic hydroxyl groups is 2. The zero-order chi connectivity index (χ0) is 64.1. The van der Waals surface area contributed by atoms with Crippen LogP contribution in [0.3, 0.4) is 0 Å². The van der Waals surface area contributed by atoms with Crippen LogP contribution in [0.15, 0.2) is 24.3 Å². The van der Waals surface area contributed by atoms with Crippen molar-refractivity contribution in [1.82, 2.24) is 0 Å². The molecule has 12 rings (SSSR count). The van der Waals surface area contributed by atoms with Crippen molar-refractivity contribution in [1.29, 1.82) is 0 Å². The first-order valence-electron chi connectivity index (χ1n) is 31.3. The molecule has 490 valence electrons. The van der Waals surface area contributed by atoms with E-state index in [0.29, 0.717) is 67.8 Å². The Bertz CT molecular complexity index is 2450. The van der Waals surface area contributed by atoms with Crippen molar-refractivity contribution in [2.45, 2.75) is 256 Å². The smallest absolute Gasteiger partial charge is 0.426 e. The number of halogens is 12. The van der Waals surface area contributed by atoms with Gasteiger partial charge in [0.15, 0.2) is 0 Å². The van der Waals surface area contributed by atoms with Crippen LogP contribution in [0.2, 0.25) is 0 Å². The second-order valence-electron chi connectivity index (χ2n) is 30.0. The molecule has 12 aliphatic rings. The number of rotatable bonds is 17. The van der Waals surface area contributed by atoms with Crippen LogP contribution in [-0.4, -0.2) is 93.4 Å². The summed E-state index contributed by atoms with van der Waals surface area (Å²) < 4.78 is 183. The van der Waals surface area contributed by atoms with E-state index in [9.17, 15) is 82.1 Å². The van der Waals surface area contributed by atoms with Crippen molar-refractivity contribution in [2.24, 2.45) is 93.7 Å². The van der Waals surface area contributed by atoms with E-state index in [0.717, 1.165) is 50.4 Å². The summed E-state index contributed by atoms with van der Waals surface area (Å²) in [6, 6.07) is 0. The first kappa shape index (κ1) is 68.4. The van der Waals surface area contributed by atoms with E-state index < -0.39 is 107 Å². The maximum atomic E-state index is 13.8. The first-order valence-corrected chi connectivity index (χ1v) is 31.3. The molecule has 12 bridgehead atoms. The summed E-state index contributed by atoms with van der Waals surface area (Å²) in [6.07, 6.45) is -13.9. The van der Waals surface area contributed by atoms with Crippen LogP contribution in [0.5, 0.6) is 0 Å². The Labute approximate surface area is 497 Å². The second-order valence-corrected chi connectivity index (χ2v) is 30.0. The van der Waals surface area contributed by atoms with Crippen LogP contribution < -0.4 is 0 Å². The molecule has 0 aromatic carbocycles. The van der Waals surface area contributed by atoms with Gasteiger partial charge in [0.25, 0.3) is 11.2 Å². The van der Waals surface area contributed by atoms with E-state index in [1.54, 1.807) is 27.7 Å². The van der Waals surface area contributed by atoms with E-state index in [1.165, 1.54) is 52.4 Å². The van der Waals surface area contributed by atoms with Gasteiger partial charge in [-0.05, 0) is 247 Å². The Morgan fingerprint density at radius 3 is 1.10 bits per heavy atom. The molecular formula is C64H90F12O10. The Hall–Kier alpha value is -3.56. The standard InChI is InChI=1S/C33H48F6O5.C16H20F6O3.C15H22O2/c1-6-29(4,17-28(2,3)26(40)44-30(5)22-11-19-9-20(13-22)14-23(30)12-19)27(41)43-25(24-15-18-7-8-21(24)10-18)16-31(42,32(34,35)36)33(37,38)39;1-8(2)13(23)25-12(11-6-9-3-4-10(11)5-9)7-14(24,15(17,18)19)16(20,21)22;1-9(2)14(16)17-15(3)12-5-10-4-11(7-12)8-13(15)6-10/h18-25,42H,6-17H2,1-5H3;9-12,24H,1,3-7H2,2H3;10-13H,1,4-8H2,2-3H3. The van der Waals surface area contributed by atoms with Gasteiger partial charge in [-0.3, -0.25) is 9.59 Å². The van der Waals surface area contributed by atoms with Crippen LogP contribution in [-0.2, 0) is 38.1 Å². The summed E-state index contributed by atoms with van der Waals surface area (Å²) >= 11 is 0. The molecule has 22 heteroatoms. The average Bonchev–Trinajstić information content (AvgIpc) is 1.21. The van der Waals surface area contributed by atoms with Gasteiger partial charge < -0.3 is 29.2 Å². The third-order valence-corrected chi connectivity index (χ3v) is 23.4. The highest BCUT2D eigenvalue weighted by atomic mass is 19.4. The van der Waals surface area contributed by atoms with Crippen LogP contribution in [0, 0.1) is 93.7 Å². The number of carbonyl (C=O) groups is 4. The molecule has 0 aliphatic heterocycles. The molecule has 12 fully saturated rings. The Balaban J connectivity index is 0.000000191. The average molecular weight is 1250 g/mol. The summed E-state index contributed by atoms with van der Waals surface area (Å²) in [5, 5.41) is 19.6. The van der Waals surface area contributed by atoms with Crippen LogP contribution in [0.4, 0.5) is 52.7 Å². The highest BCUT2D eigenvalue weighted by Crippen LogP contribution is 2.62. The van der Waals surface area contributed by atoms with Gasteiger partial charge in [0.2, 0.25) is 0 Å². The van der Waals surface area contributed by atoms with E-state index in [1.807, 2.05) is 6.92 Å². The molecule has 0 saturated heterocycles. The lowest BCUT2D eigenvalue weighted by molar-refractivity contribution is -0.375. The molecular weight excluding hydrogens is 1160 g/mol. The number of fused-ring (bicyclic) bond motifs is 4. The number of hydrogen-bond acceptors (Lipinski definition) is 10. The molecule has 0 aromatic rings. The summed E-state index contributed by atoms with van der Waals surface area (Å²) in [6.45, 7) is 20.7. The van der Waals surface area contributed by atoms with Gasteiger partial charge in [-0.2, -0.15) is 52.7 Å². The predicted octanol–water partition coefficient (Wildman–Crippen LogP) is 15.6. The van der Waals surface area contributed by atoms with Crippen molar-refractivity contribution >= 4 is 23.9 Å². The quantitative estimate of drug-likeness (QED) is 0.0625. The van der Waals surface area contributed by atoms with Gasteiger partial charge in [0.1, 0.15) is 23.4 Å². The molecule has 0 aromatic heterocycles. The monoisotopic (exact) mass is 1250 g/mol. The summed E-state index contributed by atoms with van der Waals surface area (Å²) in [4.78, 5) is 51.1. The zero-order valence-electron chi connectivity index (χ0n) is 50.9. The van der Waals surface area contributed by atoms with E-state index in [-0.39, 0.29) is 65.5 Å². The van der Waals surface area contributed by atoms with Gasteiger partial charge in [0.05, 0.1) is 10.8 Å². The predicted molar refractivity (Wildman–Crippen MR) is 290 cm³/mol. The molecule has 2 N–H and O–H groups in total. The Kier molecular flexibility index (Phi) is 19.0. The highest BCUT2D eigenvalue weighted by molar-refractivity contribution is 5.87. The van der Waals surface area contributed by atoms with Crippen molar-refractivity contribution in [3.63, 3.8) is 0 Å². The minimum absolute atomic E-state index is 0.0585. The van der Waals surface area contributed by atoms with Crippen molar-refractivity contribution in [2.75, 3.05) is 0 Å². The maximum absolute atomic E-state index is 13.8. The van der Waals surface area contributed by atoms with Crippen molar-refractivity contribution < 1.29 is 101 Å². The largest absolute Gasteiger partial charge is 0.462 e. The summed E-state index contributed by atoms with van der Waals surface area (Å²) in [5.74, 6) is 0.998. The highest BCUT2D eigenvalue weighted by Gasteiger charge is 2.73. The van der Waals surface area contributed by atoms with Crippen LogP contribution in [0.25, 0.3) is 0 Å². The van der Waals surface area contributed by atoms with Gasteiger partial charge in [-0.15, -0.1) is 0 Å². The maximum Gasteiger partial charge on any atom is 0.426 e. The van der Waals surface area contributed by atoms with Crippen molar-refractivity contribution in [3.05, 3.63) is 24.3 Å². The fourth-order valence-electron chi connectivity index (χ4n) is 18.5. The normalized spacial score (nSPS) is 36.4. The summed E-state index contributed by atoms with van der Waals surface area (Å²) in [5.41, 5.74) is -12.9. The zero-order valence-corrected chi connectivity index (χ0v) is 50.9. The number of hydrogen-bond donors (Lipinski definition) is 2. The molecule has 86 heavy (non-hydrogen) atoms. The van der Waals surface area contributed by atoms with Crippen LogP contribution >= 0.6 is 0 Å². The fraction of sp³-hybridized carbons (Fsp3) is 0.875. The molecule has 12 aliphatic carbocycles. The van der Waals surface area contributed by atoms with Crippen LogP contribution in [0.1, 0.15) is 197 Å². The van der Waals surface area contributed by atoms with Gasteiger partial charge in [-0.25, -0.2) is 9.59 Å². The molecule has 9 unspecified atom stereocenters. The van der Waals surface area contributed by atoms with Gasteiger partial charge in [0, 0.05) is 24.0 Å². The number of alkyl halides is 12. The SMILES string of the molecule is C=C(C)C(=O)OC(CC(O)(C(F)(F)F)C(F)(F)F)C1CC2CCC1C2.C=C(C)C(=O)OC1(C)C2CC3CC(C2)CC1C3.CCC(C)(CC(C)(C)C(=O)OC1(C)C2CC3CC(C2)CC1C3)C(=O)OC(CC(O)(C(F)(F)F)C(F)(F)F)C1CC2CCC1C2. The van der Waals surface area contributed by atoms with E-state index in [4.69, 9.17) is 18.9 Å². The van der Waals surface area contributed by atoms with Gasteiger partial charge >= 0.3 is 48.6 Å². The Morgan fingerprint density at radius 1 is 0.477 bits per heavy atom. The first-order chi connectivity index (χ1) is 39.4. The lowest BCUT2D eigenvalue weighted by atomic mass is 9.50. The summed E-state index contributed by atoms with van der Waals surface area (Å²) in [7, 11) is 0. The molecule has 12 saturated carbocycles. The minimum atomic E-state index is -6.01. The third kappa shape index (κ3) is 13.3. The minimum Gasteiger partial charge on any atom is -0.462 e. The second kappa shape index (κ2) is 23.9. The number of ether oxygens (including phenoxy) is 4. The van der Waals surface area contributed by atoms with Crippen molar-refractivity contribution in [3.8, 4) is 0 Å². The molecule has 0 amide bonds. The van der Waals surface area contributed by atoms with Gasteiger partial charge in [-0.1, -0.05) is 32.9 Å².